The van der Waals surface area contributed by atoms with Gasteiger partial charge in [-0.1, -0.05) is 45.4 Å². The van der Waals surface area contributed by atoms with Gasteiger partial charge in [0.15, 0.2) is 0 Å². The summed E-state index contributed by atoms with van der Waals surface area (Å²) in [7, 11) is 0. The predicted molar refractivity (Wildman–Crippen MR) is 78.7 cm³/mol. The van der Waals surface area contributed by atoms with Gasteiger partial charge in [0.1, 0.15) is 0 Å². The van der Waals surface area contributed by atoms with Gasteiger partial charge in [-0.05, 0) is 38.1 Å². The highest BCUT2D eigenvalue weighted by Gasteiger charge is 2.36. The van der Waals surface area contributed by atoms with Crippen molar-refractivity contribution in [2.24, 2.45) is 11.7 Å². The third-order valence-electron chi connectivity index (χ3n) is 5.42. The Labute approximate surface area is 113 Å². The van der Waals surface area contributed by atoms with Gasteiger partial charge in [-0.25, -0.2) is 0 Å². The van der Waals surface area contributed by atoms with Crippen molar-refractivity contribution in [1.82, 2.24) is 4.90 Å². The minimum absolute atomic E-state index is 0.338. The first-order valence-electron chi connectivity index (χ1n) is 8.26. The van der Waals surface area contributed by atoms with Crippen LogP contribution < -0.4 is 5.73 Å². The number of likely N-dealkylation sites (N-methyl/N-ethyl adjacent to an activating group) is 1. The van der Waals surface area contributed by atoms with Gasteiger partial charge in [-0.15, -0.1) is 0 Å². The Bertz CT molecular complexity index is 227. The molecule has 0 aliphatic heterocycles. The van der Waals surface area contributed by atoms with Crippen molar-refractivity contribution in [2.75, 3.05) is 19.6 Å². The Morgan fingerprint density at radius 1 is 1.00 bits per heavy atom. The molecule has 2 rings (SSSR count). The van der Waals surface area contributed by atoms with Gasteiger partial charge in [0, 0.05) is 18.6 Å². The van der Waals surface area contributed by atoms with Crippen molar-refractivity contribution >= 4 is 0 Å². The van der Waals surface area contributed by atoms with Crippen molar-refractivity contribution in [3.05, 3.63) is 0 Å². The largest absolute Gasteiger partial charge is 0.329 e. The molecule has 0 atom stereocenters. The zero-order chi connectivity index (χ0) is 12.8. The molecule has 18 heavy (non-hydrogen) atoms. The van der Waals surface area contributed by atoms with Crippen molar-refractivity contribution < 1.29 is 0 Å². The van der Waals surface area contributed by atoms with Gasteiger partial charge < -0.3 is 5.73 Å². The van der Waals surface area contributed by atoms with Gasteiger partial charge in [-0.2, -0.15) is 0 Å². The molecule has 0 unspecified atom stereocenters. The fraction of sp³-hybridized carbons (Fsp3) is 1.00. The third kappa shape index (κ3) is 3.27. The first-order chi connectivity index (χ1) is 8.80. The quantitative estimate of drug-likeness (QED) is 0.811. The number of hydrogen-bond acceptors (Lipinski definition) is 2. The Morgan fingerprint density at radius 2 is 1.61 bits per heavy atom. The van der Waals surface area contributed by atoms with E-state index >= 15 is 0 Å². The maximum atomic E-state index is 6.23. The van der Waals surface area contributed by atoms with Gasteiger partial charge in [-0.3, -0.25) is 4.90 Å². The van der Waals surface area contributed by atoms with E-state index in [4.69, 9.17) is 5.73 Å². The SMILES string of the molecule is CCN(CC1CCC1)C1(CN)CCCCCCC1. The minimum atomic E-state index is 0.338. The molecule has 2 saturated carbocycles. The third-order valence-corrected chi connectivity index (χ3v) is 5.42. The molecule has 2 N–H and O–H groups in total. The van der Waals surface area contributed by atoms with Crippen molar-refractivity contribution in [1.29, 1.82) is 0 Å². The molecular weight excluding hydrogens is 220 g/mol. The van der Waals surface area contributed by atoms with E-state index in [2.05, 4.69) is 11.8 Å². The summed E-state index contributed by atoms with van der Waals surface area (Å²) in [6.45, 7) is 5.70. The molecule has 2 aliphatic carbocycles. The van der Waals surface area contributed by atoms with E-state index in [0.29, 0.717) is 5.54 Å². The number of rotatable bonds is 5. The first kappa shape index (κ1) is 14.3. The van der Waals surface area contributed by atoms with E-state index in [1.165, 1.54) is 77.3 Å². The summed E-state index contributed by atoms with van der Waals surface area (Å²) in [5, 5.41) is 0. The van der Waals surface area contributed by atoms with Crippen LogP contribution in [0.2, 0.25) is 0 Å². The van der Waals surface area contributed by atoms with E-state index in [-0.39, 0.29) is 0 Å². The van der Waals surface area contributed by atoms with E-state index in [1.54, 1.807) is 0 Å². The number of nitrogens with two attached hydrogens (primary N) is 1. The maximum Gasteiger partial charge on any atom is 0.0331 e. The summed E-state index contributed by atoms with van der Waals surface area (Å²) in [5.41, 5.74) is 6.57. The van der Waals surface area contributed by atoms with E-state index in [9.17, 15) is 0 Å². The molecule has 0 radical (unpaired) electrons. The first-order valence-corrected chi connectivity index (χ1v) is 8.26. The molecule has 0 aromatic rings. The van der Waals surface area contributed by atoms with Crippen LogP contribution in [0, 0.1) is 5.92 Å². The lowest BCUT2D eigenvalue weighted by Crippen LogP contribution is -2.56. The molecule has 106 valence electrons. The summed E-state index contributed by atoms with van der Waals surface area (Å²) in [6, 6.07) is 0. The van der Waals surface area contributed by atoms with Gasteiger partial charge in [0.05, 0.1) is 0 Å². The molecule has 2 aliphatic rings. The smallest absolute Gasteiger partial charge is 0.0331 e. The fourth-order valence-electron chi connectivity index (χ4n) is 3.86. The lowest BCUT2D eigenvalue weighted by atomic mass is 9.79. The van der Waals surface area contributed by atoms with Crippen LogP contribution in [0.3, 0.4) is 0 Å². The van der Waals surface area contributed by atoms with E-state index in [1.807, 2.05) is 0 Å². The van der Waals surface area contributed by atoms with E-state index in [0.717, 1.165) is 12.5 Å². The topological polar surface area (TPSA) is 29.3 Å². The predicted octanol–water partition coefficient (Wildman–Crippen LogP) is 3.55. The molecule has 0 bridgehead atoms. The molecule has 0 aromatic heterocycles. The Kier molecular flexibility index (Phi) is 5.50. The van der Waals surface area contributed by atoms with Crippen LogP contribution in [-0.2, 0) is 0 Å². The van der Waals surface area contributed by atoms with Gasteiger partial charge >= 0.3 is 0 Å². The van der Waals surface area contributed by atoms with Gasteiger partial charge in [0.25, 0.3) is 0 Å². The highest BCUT2D eigenvalue weighted by atomic mass is 15.2. The lowest BCUT2D eigenvalue weighted by molar-refractivity contribution is 0.0424. The lowest BCUT2D eigenvalue weighted by Gasteiger charge is -2.47. The van der Waals surface area contributed by atoms with Crippen LogP contribution in [0.25, 0.3) is 0 Å². The number of hydrogen-bond donors (Lipinski definition) is 1. The highest BCUT2D eigenvalue weighted by Crippen LogP contribution is 2.35. The van der Waals surface area contributed by atoms with Crippen molar-refractivity contribution in [2.45, 2.75) is 76.7 Å². The summed E-state index contributed by atoms with van der Waals surface area (Å²) >= 11 is 0. The Hall–Kier alpha value is -0.0800. The summed E-state index contributed by atoms with van der Waals surface area (Å²) < 4.78 is 0. The molecular formula is C16H32N2. The second-order valence-electron chi connectivity index (χ2n) is 6.53. The van der Waals surface area contributed by atoms with Gasteiger partial charge in [0.2, 0.25) is 0 Å². The summed E-state index contributed by atoms with van der Waals surface area (Å²) in [6.07, 6.45) is 14.1. The minimum Gasteiger partial charge on any atom is -0.329 e. The monoisotopic (exact) mass is 252 g/mol. The van der Waals surface area contributed by atoms with E-state index < -0.39 is 0 Å². The van der Waals surface area contributed by atoms with Crippen LogP contribution in [0.15, 0.2) is 0 Å². The van der Waals surface area contributed by atoms with Crippen LogP contribution >= 0.6 is 0 Å². The Balaban J connectivity index is 1.99. The second-order valence-corrected chi connectivity index (χ2v) is 6.53. The molecule has 0 heterocycles. The van der Waals surface area contributed by atoms with Crippen LogP contribution in [0.5, 0.6) is 0 Å². The average molecular weight is 252 g/mol. The average Bonchev–Trinajstić information content (AvgIpc) is 2.30. The summed E-state index contributed by atoms with van der Waals surface area (Å²) in [4.78, 5) is 2.75. The molecule has 0 spiro atoms. The fourth-order valence-corrected chi connectivity index (χ4v) is 3.86. The molecule has 0 aromatic carbocycles. The second kappa shape index (κ2) is 6.91. The number of nitrogens with zero attached hydrogens (tertiary/aromatic N) is 1. The summed E-state index contributed by atoms with van der Waals surface area (Å²) in [5.74, 6) is 0.971. The van der Waals surface area contributed by atoms with Crippen LogP contribution in [0.1, 0.15) is 71.1 Å². The zero-order valence-corrected chi connectivity index (χ0v) is 12.3. The van der Waals surface area contributed by atoms with Crippen LogP contribution in [-0.4, -0.2) is 30.1 Å². The molecule has 2 heteroatoms. The molecule has 0 amide bonds. The Morgan fingerprint density at radius 3 is 2.06 bits per heavy atom. The maximum absolute atomic E-state index is 6.23. The standard InChI is InChI=1S/C16H32N2/c1-2-18(13-15-9-8-10-15)16(14-17)11-6-4-3-5-7-12-16/h15H,2-14,17H2,1H3. The van der Waals surface area contributed by atoms with Crippen LogP contribution in [0.4, 0.5) is 0 Å². The molecule has 0 saturated heterocycles. The highest BCUT2D eigenvalue weighted by molar-refractivity contribution is 4.93. The van der Waals surface area contributed by atoms with Crippen molar-refractivity contribution in [3.63, 3.8) is 0 Å². The van der Waals surface area contributed by atoms with Crippen molar-refractivity contribution in [3.8, 4) is 0 Å². The molecule has 2 fully saturated rings. The zero-order valence-electron chi connectivity index (χ0n) is 12.3. The normalized spacial score (nSPS) is 25.5. The molecule has 2 nitrogen and oxygen atoms in total.